The summed E-state index contributed by atoms with van der Waals surface area (Å²) >= 11 is 0. The van der Waals surface area contributed by atoms with Crippen LogP contribution in [0, 0.1) is 0 Å². The minimum atomic E-state index is -1.09. The van der Waals surface area contributed by atoms with Gasteiger partial charge in [-0.3, -0.25) is 10.1 Å². The number of piperidine rings is 1. The molecule has 2 heterocycles. The third kappa shape index (κ3) is 2.28. The third-order valence-electron chi connectivity index (χ3n) is 8.20. The van der Waals surface area contributed by atoms with E-state index in [0.717, 1.165) is 31.4 Å². The lowest BCUT2D eigenvalue weighted by Crippen LogP contribution is -2.78. The molecule has 30 heavy (non-hydrogen) atoms. The van der Waals surface area contributed by atoms with E-state index in [1.807, 2.05) is 6.07 Å². The molecule has 8 heteroatoms. The molecule has 8 nitrogen and oxygen atoms in total. The Bertz CT molecular complexity index is 891. The number of phenolic OH excluding ortho intramolecular Hbond substituents is 1. The van der Waals surface area contributed by atoms with Gasteiger partial charge < -0.3 is 29.7 Å². The molecule has 0 aromatic heterocycles. The van der Waals surface area contributed by atoms with E-state index in [9.17, 15) is 20.1 Å². The van der Waals surface area contributed by atoms with Crippen molar-refractivity contribution in [2.24, 2.45) is 0 Å². The first-order valence-electron chi connectivity index (χ1n) is 10.7. The molecule has 4 aliphatic rings. The van der Waals surface area contributed by atoms with E-state index < -0.39 is 29.1 Å². The van der Waals surface area contributed by atoms with Crippen LogP contribution in [-0.2, 0) is 21.4 Å². The Labute approximate surface area is 175 Å². The number of benzene rings is 1. The molecule has 4 N–H and O–H groups in total. The maximum Gasteiger partial charge on any atom is 0.323 e. The van der Waals surface area contributed by atoms with Gasteiger partial charge in [-0.25, -0.2) is 0 Å². The molecule has 2 aliphatic heterocycles. The molecular weight excluding hydrogens is 388 g/mol. The Morgan fingerprint density at radius 1 is 1.40 bits per heavy atom. The first-order valence-corrected chi connectivity index (χ1v) is 10.7. The van der Waals surface area contributed by atoms with Crippen molar-refractivity contribution in [3.8, 4) is 11.5 Å². The van der Waals surface area contributed by atoms with E-state index in [-0.39, 0.29) is 23.9 Å². The number of aliphatic hydroxyl groups is 1. The number of likely N-dealkylation sites (tertiary alicyclic amines) is 1. The molecular formula is C22H30N2O6. The number of carbonyl (C=O) groups is 1. The number of nitrogens with zero attached hydrogens (tertiary/aromatic N) is 1. The third-order valence-corrected chi connectivity index (χ3v) is 8.20. The van der Waals surface area contributed by atoms with Gasteiger partial charge in [0, 0.05) is 24.8 Å². The van der Waals surface area contributed by atoms with Crippen LogP contribution in [0.3, 0.4) is 0 Å². The first kappa shape index (κ1) is 20.1. The molecule has 2 aliphatic carbocycles. The van der Waals surface area contributed by atoms with Gasteiger partial charge in [0.2, 0.25) is 0 Å². The fourth-order valence-electron chi connectivity index (χ4n) is 6.96. The number of hydrogen-bond donors (Lipinski definition) is 4. The molecule has 2 fully saturated rings. The Morgan fingerprint density at radius 2 is 2.17 bits per heavy atom. The number of aliphatic carboxylic acids is 1. The van der Waals surface area contributed by atoms with Gasteiger partial charge in [0.15, 0.2) is 11.5 Å². The summed E-state index contributed by atoms with van der Waals surface area (Å²) in [4.78, 5) is 14.1. The van der Waals surface area contributed by atoms with Crippen molar-refractivity contribution in [3.05, 3.63) is 23.3 Å². The molecule has 3 unspecified atom stereocenters. The summed E-state index contributed by atoms with van der Waals surface area (Å²) in [6.07, 6.45) is 1.60. The molecule has 1 saturated carbocycles. The molecule has 2 bridgehead atoms. The molecule has 7 atom stereocenters. The van der Waals surface area contributed by atoms with Crippen LogP contribution in [0.15, 0.2) is 12.1 Å². The molecule has 1 aromatic rings. The van der Waals surface area contributed by atoms with Crippen molar-refractivity contribution in [2.75, 3.05) is 20.7 Å². The van der Waals surface area contributed by atoms with Crippen LogP contribution < -0.4 is 10.1 Å². The molecule has 5 rings (SSSR count). The topological polar surface area (TPSA) is 111 Å². The molecule has 164 valence electrons. The van der Waals surface area contributed by atoms with Gasteiger partial charge in [-0.1, -0.05) is 6.07 Å². The summed E-state index contributed by atoms with van der Waals surface area (Å²) in [6, 6.07) is 2.48. The van der Waals surface area contributed by atoms with Gasteiger partial charge in [-0.15, -0.1) is 0 Å². The molecule has 1 aromatic carbocycles. The van der Waals surface area contributed by atoms with Gasteiger partial charge in [-0.05, 0) is 57.8 Å². The van der Waals surface area contributed by atoms with Crippen LogP contribution in [0.5, 0.6) is 11.5 Å². The summed E-state index contributed by atoms with van der Waals surface area (Å²) in [5, 5.41) is 33.4. The van der Waals surface area contributed by atoms with Gasteiger partial charge in [0.05, 0.1) is 17.1 Å². The fraction of sp³-hybridized carbons (Fsp3) is 0.682. The van der Waals surface area contributed by atoms with Gasteiger partial charge in [0.25, 0.3) is 0 Å². The standard InChI is InChI=1S/C22H30N2O6/c1-11(25)17(20(27)28)23-13-6-7-22(29-3)15-10-12-4-5-14(26)18-16(12)21(22,19(13)30-18)8-9-24(15)2/h4-5,11,13,15,17,19,23,25-26H,6-10H2,1-3H3,(H,27,28)/t11?,13-,15?,17?,19-,21-,22+/m0/s1. The lowest BCUT2D eigenvalue weighted by atomic mass is 9.48. The number of hydrogen-bond acceptors (Lipinski definition) is 7. The molecule has 1 spiro atoms. The smallest absolute Gasteiger partial charge is 0.323 e. The zero-order chi connectivity index (χ0) is 21.4. The number of phenols is 1. The van der Waals surface area contributed by atoms with Crippen molar-refractivity contribution in [3.63, 3.8) is 0 Å². The lowest BCUT2D eigenvalue weighted by molar-refractivity contribution is -0.204. The second kappa shape index (κ2) is 6.56. The Morgan fingerprint density at radius 3 is 2.83 bits per heavy atom. The van der Waals surface area contributed by atoms with Crippen molar-refractivity contribution in [1.82, 2.24) is 10.2 Å². The maximum absolute atomic E-state index is 11.7. The van der Waals surface area contributed by atoms with E-state index in [1.165, 1.54) is 12.5 Å². The van der Waals surface area contributed by atoms with Crippen LogP contribution in [0.4, 0.5) is 0 Å². The van der Waals surface area contributed by atoms with Crippen LogP contribution in [0.1, 0.15) is 37.3 Å². The first-order chi connectivity index (χ1) is 14.3. The molecule has 0 radical (unpaired) electrons. The van der Waals surface area contributed by atoms with E-state index >= 15 is 0 Å². The summed E-state index contributed by atoms with van der Waals surface area (Å²) in [5.74, 6) is -0.460. The number of carboxylic acids is 1. The number of nitrogens with one attached hydrogen (secondary N) is 1. The van der Waals surface area contributed by atoms with Gasteiger partial charge in [-0.2, -0.15) is 0 Å². The highest BCUT2D eigenvalue weighted by molar-refractivity contribution is 5.74. The number of aromatic hydroxyl groups is 1. The minimum Gasteiger partial charge on any atom is -0.504 e. The summed E-state index contributed by atoms with van der Waals surface area (Å²) in [6.45, 7) is 2.35. The number of carboxylic acid groups (broad SMARTS) is 1. The van der Waals surface area contributed by atoms with Crippen LogP contribution in [-0.4, -0.2) is 82.8 Å². The monoisotopic (exact) mass is 418 g/mol. The number of aliphatic hydroxyl groups excluding tert-OH is 1. The van der Waals surface area contributed by atoms with Crippen molar-refractivity contribution >= 4 is 5.97 Å². The predicted octanol–water partition coefficient (Wildman–Crippen LogP) is 0.622. The molecule has 1 saturated heterocycles. The van der Waals surface area contributed by atoms with Gasteiger partial charge >= 0.3 is 5.97 Å². The fourth-order valence-corrected chi connectivity index (χ4v) is 6.96. The predicted molar refractivity (Wildman–Crippen MR) is 108 cm³/mol. The minimum absolute atomic E-state index is 0.115. The van der Waals surface area contributed by atoms with Crippen molar-refractivity contribution in [1.29, 1.82) is 0 Å². The molecule has 0 amide bonds. The Hall–Kier alpha value is -1.87. The zero-order valence-corrected chi connectivity index (χ0v) is 17.6. The zero-order valence-electron chi connectivity index (χ0n) is 17.6. The SMILES string of the molecule is CO[C@@]12CC[C@H](NC(C(=O)O)C(C)O)[C@@H]3Oc4c(O)ccc5c4[C@@]31CCN(C)C2C5. The summed E-state index contributed by atoms with van der Waals surface area (Å²) in [7, 11) is 3.90. The van der Waals surface area contributed by atoms with Crippen LogP contribution in [0.25, 0.3) is 0 Å². The normalized spacial score (nSPS) is 38.5. The largest absolute Gasteiger partial charge is 0.504 e. The van der Waals surface area contributed by atoms with E-state index in [2.05, 4.69) is 17.3 Å². The average molecular weight is 418 g/mol. The summed E-state index contributed by atoms with van der Waals surface area (Å²) in [5.41, 5.74) is 1.26. The quantitative estimate of drug-likeness (QED) is 0.551. The van der Waals surface area contributed by atoms with Crippen molar-refractivity contribution in [2.45, 2.75) is 74.0 Å². The lowest BCUT2D eigenvalue weighted by Gasteiger charge is -2.65. The summed E-state index contributed by atoms with van der Waals surface area (Å²) < 4.78 is 12.8. The maximum atomic E-state index is 11.7. The second-order valence-corrected chi connectivity index (χ2v) is 9.37. The Kier molecular flexibility index (Phi) is 4.39. The highest BCUT2D eigenvalue weighted by Crippen LogP contribution is 2.66. The van der Waals surface area contributed by atoms with E-state index in [4.69, 9.17) is 9.47 Å². The number of rotatable bonds is 5. The Balaban J connectivity index is 1.67. The van der Waals surface area contributed by atoms with Crippen molar-refractivity contribution < 1.29 is 29.6 Å². The average Bonchev–Trinajstić information content (AvgIpc) is 3.06. The number of methoxy groups -OCH3 is 1. The second-order valence-electron chi connectivity index (χ2n) is 9.37. The van der Waals surface area contributed by atoms with Crippen LogP contribution >= 0.6 is 0 Å². The number of likely N-dealkylation sites (N-methyl/N-ethyl adjacent to an activating group) is 1. The van der Waals surface area contributed by atoms with E-state index in [1.54, 1.807) is 13.2 Å². The highest BCUT2D eigenvalue weighted by atomic mass is 16.5. The van der Waals surface area contributed by atoms with E-state index in [0.29, 0.717) is 12.2 Å². The number of ether oxygens (including phenoxy) is 2. The van der Waals surface area contributed by atoms with Crippen LogP contribution in [0.2, 0.25) is 0 Å². The highest BCUT2D eigenvalue weighted by Gasteiger charge is 2.73. The van der Waals surface area contributed by atoms with Gasteiger partial charge in [0.1, 0.15) is 12.1 Å².